The largest absolute Gasteiger partial charge is 0.481 e. The molecule has 0 bridgehead atoms. The van der Waals surface area contributed by atoms with Crippen LogP contribution in [0.15, 0.2) is 0 Å². The molecular formula is C12H23NO2. The van der Waals surface area contributed by atoms with E-state index in [2.05, 4.69) is 19.2 Å². The Bertz CT molecular complexity index is 200. The molecule has 0 aliphatic heterocycles. The van der Waals surface area contributed by atoms with E-state index in [-0.39, 0.29) is 6.42 Å². The van der Waals surface area contributed by atoms with Gasteiger partial charge < -0.3 is 10.4 Å². The second-order valence-electron chi connectivity index (χ2n) is 4.83. The molecule has 1 fully saturated rings. The molecule has 15 heavy (non-hydrogen) atoms. The zero-order chi connectivity index (χ0) is 11.3. The van der Waals surface area contributed by atoms with Crippen molar-refractivity contribution >= 4 is 5.97 Å². The molecule has 0 spiro atoms. The number of carbonyl (C=O) groups is 1. The van der Waals surface area contributed by atoms with Crippen molar-refractivity contribution in [3.63, 3.8) is 0 Å². The summed E-state index contributed by atoms with van der Waals surface area (Å²) in [4.78, 5) is 10.4. The van der Waals surface area contributed by atoms with E-state index in [4.69, 9.17) is 5.11 Å². The maximum atomic E-state index is 10.4. The molecule has 0 aromatic heterocycles. The maximum Gasteiger partial charge on any atom is 0.303 e. The molecule has 88 valence electrons. The number of hydrogen-bond acceptors (Lipinski definition) is 2. The molecule has 3 heteroatoms. The second kappa shape index (κ2) is 6.11. The van der Waals surface area contributed by atoms with E-state index in [9.17, 15) is 4.79 Å². The van der Waals surface area contributed by atoms with Crippen molar-refractivity contribution in [2.24, 2.45) is 5.92 Å². The lowest BCUT2D eigenvalue weighted by Crippen LogP contribution is -2.38. The van der Waals surface area contributed by atoms with Crippen LogP contribution in [0.5, 0.6) is 0 Å². The first-order valence-electron chi connectivity index (χ1n) is 6.07. The van der Waals surface area contributed by atoms with Crippen LogP contribution in [0.2, 0.25) is 0 Å². The Morgan fingerprint density at radius 3 is 2.53 bits per heavy atom. The van der Waals surface area contributed by atoms with E-state index in [1.807, 2.05) is 0 Å². The first-order valence-corrected chi connectivity index (χ1v) is 6.07. The zero-order valence-corrected chi connectivity index (χ0v) is 9.83. The third-order valence-corrected chi connectivity index (χ3v) is 3.45. The molecule has 0 saturated heterocycles. The fourth-order valence-electron chi connectivity index (χ4n) is 2.47. The van der Waals surface area contributed by atoms with Gasteiger partial charge in [-0.25, -0.2) is 0 Å². The highest BCUT2D eigenvalue weighted by atomic mass is 16.4. The summed E-state index contributed by atoms with van der Waals surface area (Å²) in [6.07, 6.45) is 6.39. The molecule has 2 atom stereocenters. The van der Waals surface area contributed by atoms with Crippen LogP contribution in [-0.2, 0) is 4.79 Å². The second-order valence-corrected chi connectivity index (χ2v) is 4.83. The van der Waals surface area contributed by atoms with E-state index in [1.54, 1.807) is 0 Å². The lowest BCUT2D eigenvalue weighted by Gasteiger charge is -2.24. The van der Waals surface area contributed by atoms with Crippen LogP contribution in [0.1, 0.15) is 52.4 Å². The van der Waals surface area contributed by atoms with Gasteiger partial charge in [0.15, 0.2) is 0 Å². The molecule has 2 unspecified atom stereocenters. The summed E-state index contributed by atoms with van der Waals surface area (Å²) in [5, 5.41) is 12.1. The van der Waals surface area contributed by atoms with E-state index < -0.39 is 5.97 Å². The zero-order valence-electron chi connectivity index (χ0n) is 9.83. The van der Waals surface area contributed by atoms with Gasteiger partial charge in [-0.15, -0.1) is 0 Å². The molecule has 0 aromatic rings. The van der Waals surface area contributed by atoms with Crippen molar-refractivity contribution in [3.8, 4) is 0 Å². The van der Waals surface area contributed by atoms with Crippen LogP contribution in [0.3, 0.4) is 0 Å². The van der Waals surface area contributed by atoms with Crippen molar-refractivity contribution < 1.29 is 9.90 Å². The molecule has 0 heterocycles. The van der Waals surface area contributed by atoms with Gasteiger partial charge in [-0.1, -0.05) is 12.8 Å². The molecule has 0 radical (unpaired) electrons. The van der Waals surface area contributed by atoms with Crippen LogP contribution in [0.25, 0.3) is 0 Å². The highest BCUT2D eigenvalue weighted by Crippen LogP contribution is 2.27. The SMILES string of the molecule is CC(CCC(=O)O)NC(C)C1CCCC1. The summed E-state index contributed by atoms with van der Waals surface area (Å²) in [6, 6.07) is 0.855. The Morgan fingerprint density at radius 1 is 1.40 bits per heavy atom. The Hall–Kier alpha value is -0.570. The van der Waals surface area contributed by atoms with Gasteiger partial charge in [0, 0.05) is 18.5 Å². The highest BCUT2D eigenvalue weighted by Gasteiger charge is 2.22. The fourth-order valence-corrected chi connectivity index (χ4v) is 2.47. The smallest absolute Gasteiger partial charge is 0.303 e. The topological polar surface area (TPSA) is 49.3 Å². The molecule has 1 rings (SSSR count). The van der Waals surface area contributed by atoms with E-state index in [0.29, 0.717) is 12.1 Å². The number of carboxylic acids is 1. The molecule has 1 saturated carbocycles. The van der Waals surface area contributed by atoms with E-state index in [0.717, 1.165) is 12.3 Å². The quantitative estimate of drug-likeness (QED) is 0.712. The molecule has 2 N–H and O–H groups in total. The van der Waals surface area contributed by atoms with Crippen molar-refractivity contribution in [2.45, 2.75) is 64.5 Å². The Kier molecular flexibility index (Phi) is 5.09. The van der Waals surface area contributed by atoms with E-state index >= 15 is 0 Å². The molecule has 3 nitrogen and oxygen atoms in total. The van der Waals surface area contributed by atoms with Crippen LogP contribution in [-0.4, -0.2) is 23.2 Å². The molecule has 1 aliphatic carbocycles. The summed E-state index contributed by atoms with van der Waals surface area (Å²) in [5.41, 5.74) is 0. The minimum absolute atomic E-state index is 0.269. The minimum Gasteiger partial charge on any atom is -0.481 e. The molecule has 1 aliphatic rings. The van der Waals surface area contributed by atoms with Gasteiger partial charge >= 0.3 is 5.97 Å². The van der Waals surface area contributed by atoms with Crippen molar-refractivity contribution in [3.05, 3.63) is 0 Å². The molecular weight excluding hydrogens is 190 g/mol. The summed E-state index contributed by atoms with van der Waals surface area (Å²) < 4.78 is 0. The summed E-state index contributed by atoms with van der Waals surface area (Å²) in [6.45, 7) is 4.31. The third kappa shape index (κ3) is 4.65. The van der Waals surface area contributed by atoms with Gasteiger partial charge in [0.1, 0.15) is 0 Å². The lowest BCUT2D eigenvalue weighted by molar-refractivity contribution is -0.137. The monoisotopic (exact) mass is 213 g/mol. The molecule has 0 amide bonds. The van der Waals surface area contributed by atoms with Crippen LogP contribution < -0.4 is 5.32 Å². The van der Waals surface area contributed by atoms with Crippen molar-refractivity contribution in [2.75, 3.05) is 0 Å². The summed E-state index contributed by atoms with van der Waals surface area (Å²) in [5.74, 6) is 0.106. The van der Waals surface area contributed by atoms with Gasteiger partial charge in [-0.05, 0) is 39.0 Å². The average Bonchev–Trinajstić information content (AvgIpc) is 2.67. The number of carboxylic acid groups (broad SMARTS) is 1. The van der Waals surface area contributed by atoms with Crippen LogP contribution >= 0.6 is 0 Å². The highest BCUT2D eigenvalue weighted by molar-refractivity contribution is 5.66. The Morgan fingerprint density at radius 2 is 2.00 bits per heavy atom. The number of hydrogen-bond donors (Lipinski definition) is 2. The third-order valence-electron chi connectivity index (χ3n) is 3.45. The Balaban J connectivity index is 2.18. The Labute approximate surface area is 92.3 Å². The predicted octanol–water partition coefficient (Wildman–Crippen LogP) is 2.41. The fraction of sp³-hybridized carbons (Fsp3) is 0.917. The molecule has 0 aromatic carbocycles. The van der Waals surface area contributed by atoms with Crippen LogP contribution in [0, 0.1) is 5.92 Å². The first kappa shape index (κ1) is 12.5. The van der Waals surface area contributed by atoms with Crippen molar-refractivity contribution in [1.82, 2.24) is 5.32 Å². The first-order chi connectivity index (χ1) is 7.09. The van der Waals surface area contributed by atoms with Crippen LogP contribution in [0.4, 0.5) is 0 Å². The number of rotatable bonds is 6. The average molecular weight is 213 g/mol. The van der Waals surface area contributed by atoms with Gasteiger partial charge in [-0.3, -0.25) is 4.79 Å². The normalized spacial score (nSPS) is 21.5. The predicted molar refractivity (Wildman–Crippen MR) is 60.9 cm³/mol. The van der Waals surface area contributed by atoms with Gasteiger partial charge in [0.2, 0.25) is 0 Å². The van der Waals surface area contributed by atoms with Gasteiger partial charge in [0.25, 0.3) is 0 Å². The van der Waals surface area contributed by atoms with E-state index in [1.165, 1.54) is 25.7 Å². The van der Waals surface area contributed by atoms with Gasteiger partial charge in [-0.2, -0.15) is 0 Å². The number of nitrogens with one attached hydrogen (secondary N) is 1. The lowest BCUT2D eigenvalue weighted by atomic mass is 9.98. The van der Waals surface area contributed by atoms with Gasteiger partial charge in [0.05, 0.1) is 0 Å². The number of aliphatic carboxylic acids is 1. The van der Waals surface area contributed by atoms with Crippen molar-refractivity contribution in [1.29, 1.82) is 0 Å². The standard InChI is InChI=1S/C12H23NO2/c1-9(7-8-12(14)15)13-10(2)11-5-3-4-6-11/h9-11,13H,3-8H2,1-2H3,(H,14,15). The maximum absolute atomic E-state index is 10.4. The summed E-state index contributed by atoms with van der Waals surface area (Å²) >= 11 is 0. The summed E-state index contributed by atoms with van der Waals surface area (Å²) in [7, 11) is 0. The minimum atomic E-state index is -0.697.